The van der Waals surface area contributed by atoms with E-state index in [2.05, 4.69) is 15.5 Å². The largest absolute Gasteiger partial charge is 0.481 e. The molecule has 0 fully saturated rings. The molecule has 1 N–H and O–H groups in total. The molecule has 2 aromatic carbocycles. The van der Waals surface area contributed by atoms with Gasteiger partial charge in [-0.3, -0.25) is 10.1 Å². The van der Waals surface area contributed by atoms with Gasteiger partial charge in [0.15, 0.2) is 6.10 Å². The first-order valence-corrected chi connectivity index (χ1v) is 8.43. The van der Waals surface area contributed by atoms with E-state index in [-0.39, 0.29) is 5.91 Å². The number of nitrogens with one attached hydrogen (secondary N) is 1. The van der Waals surface area contributed by atoms with E-state index < -0.39 is 6.10 Å². The molecule has 0 saturated heterocycles. The summed E-state index contributed by atoms with van der Waals surface area (Å²) in [6, 6.07) is 16.5. The summed E-state index contributed by atoms with van der Waals surface area (Å²) in [6.07, 6.45) is -0.671. The lowest BCUT2D eigenvalue weighted by Gasteiger charge is -2.13. The van der Waals surface area contributed by atoms with Gasteiger partial charge in [-0.2, -0.15) is 0 Å². The predicted molar refractivity (Wildman–Crippen MR) is 95.5 cm³/mol. The zero-order valence-electron chi connectivity index (χ0n) is 12.8. The molecule has 1 heterocycles. The normalized spacial score (nSPS) is 11.8. The fraction of sp³-hybridized carbons (Fsp3) is 0.118. The standard InChI is InChI=1S/C17H14ClN3O2S/c1-11(23-14-9-7-13(18)8-10-14)15(22)19-17-21-20-16(24-17)12-5-3-2-4-6-12/h2-11H,1H3,(H,19,21,22). The van der Waals surface area contributed by atoms with Gasteiger partial charge in [0.2, 0.25) is 5.13 Å². The lowest BCUT2D eigenvalue weighted by Crippen LogP contribution is -2.30. The molecular formula is C17H14ClN3O2S. The summed E-state index contributed by atoms with van der Waals surface area (Å²) in [7, 11) is 0. The summed E-state index contributed by atoms with van der Waals surface area (Å²) in [6.45, 7) is 1.67. The Kier molecular flexibility index (Phi) is 5.08. The van der Waals surface area contributed by atoms with Crippen LogP contribution in [0.15, 0.2) is 54.6 Å². The van der Waals surface area contributed by atoms with Crippen LogP contribution < -0.4 is 10.1 Å². The number of hydrogen-bond donors (Lipinski definition) is 1. The Balaban J connectivity index is 1.62. The van der Waals surface area contributed by atoms with E-state index >= 15 is 0 Å². The number of aromatic nitrogens is 2. The highest BCUT2D eigenvalue weighted by Gasteiger charge is 2.17. The highest BCUT2D eigenvalue weighted by molar-refractivity contribution is 7.18. The first kappa shape index (κ1) is 16.4. The van der Waals surface area contributed by atoms with E-state index in [9.17, 15) is 4.79 Å². The van der Waals surface area contributed by atoms with Crippen LogP contribution in [-0.2, 0) is 4.79 Å². The van der Waals surface area contributed by atoms with E-state index in [0.29, 0.717) is 15.9 Å². The second-order valence-corrected chi connectivity index (χ2v) is 6.40. The number of anilines is 1. The molecule has 7 heteroatoms. The van der Waals surface area contributed by atoms with Gasteiger partial charge >= 0.3 is 0 Å². The van der Waals surface area contributed by atoms with Crippen LogP contribution in [0.4, 0.5) is 5.13 Å². The van der Waals surface area contributed by atoms with Crippen LogP contribution >= 0.6 is 22.9 Å². The number of carbonyl (C=O) groups excluding carboxylic acids is 1. The minimum absolute atomic E-state index is 0.291. The van der Waals surface area contributed by atoms with Gasteiger partial charge in [0.1, 0.15) is 10.8 Å². The molecule has 0 bridgehead atoms. The molecule has 122 valence electrons. The predicted octanol–water partition coefficient (Wildman–Crippen LogP) is 4.26. The summed E-state index contributed by atoms with van der Waals surface area (Å²) < 4.78 is 5.58. The number of amides is 1. The minimum atomic E-state index is -0.671. The number of carbonyl (C=O) groups is 1. The molecule has 5 nitrogen and oxygen atoms in total. The van der Waals surface area contributed by atoms with Crippen LogP contribution in [-0.4, -0.2) is 22.2 Å². The van der Waals surface area contributed by atoms with Crippen molar-refractivity contribution in [3.8, 4) is 16.3 Å². The molecule has 0 radical (unpaired) electrons. The molecule has 1 unspecified atom stereocenters. The molecular weight excluding hydrogens is 346 g/mol. The molecule has 0 spiro atoms. The molecule has 3 rings (SSSR count). The Hall–Kier alpha value is -2.44. The fourth-order valence-corrected chi connectivity index (χ4v) is 2.83. The number of ether oxygens (including phenoxy) is 1. The van der Waals surface area contributed by atoms with Crippen LogP contribution in [0, 0.1) is 0 Å². The summed E-state index contributed by atoms with van der Waals surface area (Å²) in [5.74, 6) is 0.282. The third kappa shape index (κ3) is 4.10. The summed E-state index contributed by atoms with van der Waals surface area (Å²) >= 11 is 7.14. The van der Waals surface area contributed by atoms with Crippen LogP contribution in [0.25, 0.3) is 10.6 Å². The van der Waals surface area contributed by atoms with Crippen LogP contribution in [0.5, 0.6) is 5.75 Å². The maximum atomic E-state index is 12.2. The molecule has 3 aromatic rings. The van der Waals surface area contributed by atoms with E-state index in [0.717, 1.165) is 10.6 Å². The van der Waals surface area contributed by atoms with Crippen molar-refractivity contribution in [3.05, 3.63) is 59.6 Å². The van der Waals surface area contributed by atoms with Crippen molar-refractivity contribution in [3.63, 3.8) is 0 Å². The Bertz CT molecular complexity index is 821. The van der Waals surface area contributed by atoms with Crippen LogP contribution in [0.1, 0.15) is 6.92 Å². The van der Waals surface area contributed by atoms with Crippen molar-refractivity contribution in [1.29, 1.82) is 0 Å². The Morgan fingerprint density at radius 1 is 1.12 bits per heavy atom. The van der Waals surface area contributed by atoms with Crippen molar-refractivity contribution in [2.45, 2.75) is 13.0 Å². The van der Waals surface area contributed by atoms with Gasteiger partial charge in [0.25, 0.3) is 5.91 Å². The highest BCUT2D eigenvalue weighted by atomic mass is 35.5. The van der Waals surface area contributed by atoms with Gasteiger partial charge in [-0.25, -0.2) is 0 Å². The first-order chi connectivity index (χ1) is 11.6. The lowest BCUT2D eigenvalue weighted by atomic mass is 10.2. The Morgan fingerprint density at radius 2 is 1.83 bits per heavy atom. The first-order valence-electron chi connectivity index (χ1n) is 7.24. The molecule has 1 amide bonds. The molecule has 0 aliphatic heterocycles. The maximum Gasteiger partial charge on any atom is 0.266 e. The van der Waals surface area contributed by atoms with E-state index in [4.69, 9.17) is 16.3 Å². The number of rotatable bonds is 5. The maximum absolute atomic E-state index is 12.2. The monoisotopic (exact) mass is 359 g/mol. The Labute approximate surface area is 148 Å². The summed E-state index contributed by atoms with van der Waals surface area (Å²) in [5, 5.41) is 12.6. The molecule has 0 saturated carbocycles. The number of nitrogens with zero attached hydrogens (tertiary/aromatic N) is 2. The smallest absolute Gasteiger partial charge is 0.266 e. The van der Waals surface area contributed by atoms with E-state index in [1.807, 2.05) is 30.3 Å². The highest BCUT2D eigenvalue weighted by Crippen LogP contribution is 2.26. The topological polar surface area (TPSA) is 64.1 Å². The van der Waals surface area contributed by atoms with Crippen molar-refractivity contribution in [1.82, 2.24) is 10.2 Å². The SMILES string of the molecule is CC(Oc1ccc(Cl)cc1)C(=O)Nc1nnc(-c2ccccc2)s1. The van der Waals surface area contributed by atoms with Gasteiger partial charge in [0.05, 0.1) is 0 Å². The summed E-state index contributed by atoms with van der Waals surface area (Å²) in [5.41, 5.74) is 0.959. The van der Waals surface area contributed by atoms with Crippen LogP contribution in [0.2, 0.25) is 5.02 Å². The molecule has 1 aromatic heterocycles. The number of halogens is 1. The zero-order valence-corrected chi connectivity index (χ0v) is 14.3. The van der Waals surface area contributed by atoms with Gasteiger partial charge in [0, 0.05) is 10.6 Å². The third-order valence-electron chi connectivity index (χ3n) is 3.17. The van der Waals surface area contributed by atoms with Gasteiger partial charge in [-0.1, -0.05) is 53.3 Å². The van der Waals surface area contributed by atoms with Crippen molar-refractivity contribution in [2.75, 3.05) is 5.32 Å². The van der Waals surface area contributed by atoms with E-state index in [1.54, 1.807) is 31.2 Å². The van der Waals surface area contributed by atoms with Gasteiger partial charge in [-0.15, -0.1) is 10.2 Å². The minimum Gasteiger partial charge on any atom is -0.481 e. The second-order valence-electron chi connectivity index (χ2n) is 4.98. The molecule has 24 heavy (non-hydrogen) atoms. The average Bonchev–Trinajstić information content (AvgIpc) is 3.06. The summed E-state index contributed by atoms with van der Waals surface area (Å²) in [4.78, 5) is 12.2. The van der Waals surface area contributed by atoms with Crippen LogP contribution in [0.3, 0.4) is 0 Å². The van der Waals surface area contributed by atoms with Crippen molar-refractivity contribution in [2.24, 2.45) is 0 Å². The third-order valence-corrected chi connectivity index (χ3v) is 4.31. The van der Waals surface area contributed by atoms with Gasteiger partial charge < -0.3 is 4.74 Å². The molecule has 0 aliphatic rings. The van der Waals surface area contributed by atoms with Gasteiger partial charge in [-0.05, 0) is 31.2 Å². The quantitative estimate of drug-likeness (QED) is 0.739. The van der Waals surface area contributed by atoms with Crippen molar-refractivity contribution < 1.29 is 9.53 Å². The molecule has 1 atom stereocenters. The zero-order chi connectivity index (χ0) is 16.9. The lowest BCUT2D eigenvalue weighted by molar-refractivity contribution is -0.122. The Morgan fingerprint density at radius 3 is 2.54 bits per heavy atom. The molecule has 0 aliphatic carbocycles. The second kappa shape index (κ2) is 7.42. The number of benzene rings is 2. The number of hydrogen-bond acceptors (Lipinski definition) is 5. The average molecular weight is 360 g/mol. The van der Waals surface area contributed by atoms with Crippen molar-refractivity contribution >= 4 is 34.0 Å². The van der Waals surface area contributed by atoms with E-state index in [1.165, 1.54) is 11.3 Å². The fourth-order valence-electron chi connectivity index (χ4n) is 1.95.